The van der Waals surface area contributed by atoms with E-state index in [0.717, 1.165) is 10.4 Å². The lowest BCUT2D eigenvalue weighted by atomic mass is 10.0. The quantitative estimate of drug-likeness (QED) is 0.640. The number of carbonyl (C=O) groups excluding carboxylic acids is 2. The van der Waals surface area contributed by atoms with Gasteiger partial charge in [-0.15, -0.1) is 11.3 Å². The van der Waals surface area contributed by atoms with Crippen LogP contribution < -0.4 is 5.32 Å². The van der Waals surface area contributed by atoms with Crippen LogP contribution >= 0.6 is 22.9 Å². The van der Waals surface area contributed by atoms with Crippen molar-refractivity contribution in [2.24, 2.45) is 0 Å². The topological polar surface area (TPSA) is 95.7 Å². The van der Waals surface area contributed by atoms with E-state index < -0.39 is 0 Å². The molecule has 152 valence electrons. The molecule has 1 N–H and O–H groups in total. The number of piperidine rings is 1. The van der Waals surface area contributed by atoms with Crippen LogP contribution in [0.1, 0.15) is 23.3 Å². The van der Waals surface area contributed by atoms with E-state index in [0.29, 0.717) is 31.8 Å². The van der Waals surface area contributed by atoms with Crippen molar-refractivity contribution < 1.29 is 9.59 Å². The van der Waals surface area contributed by atoms with Gasteiger partial charge in [-0.3, -0.25) is 4.79 Å². The van der Waals surface area contributed by atoms with Gasteiger partial charge in [0, 0.05) is 50.9 Å². The number of aromatic nitrogens is 4. The van der Waals surface area contributed by atoms with Gasteiger partial charge in [-0.1, -0.05) is 11.6 Å². The zero-order chi connectivity index (χ0) is 20.5. The van der Waals surface area contributed by atoms with Crippen molar-refractivity contribution in [3.8, 4) is 11.4 Å². The number of likely N-dealkylation sites (tertiary alicyclic amines) is 1. The van der Waals surface area contributed by atoms with Crippen LogP contribution in [0.25, 0.3) is 16.2 Å². The molecule has 1 fully saturated rings. The molecule has 0 atom stereocenters. The van der Waals surface area contributed by atoms with E-state index in [1.54, 1.807) is 29.7 Å². The molecule has 0 spiro atoms. The van der Waals surface area contributed by atoms with Gasteiger partial charge in [0.25, 0.3) is 5.91 Å². The lowest BCUT2D eigenvalue weighted by Crippen LogP contribution is -2.48. The predicted octanol–water partition coefficient (Wildman–Crippen LogP) is 2.38. The summed E-state index contributed by atoms with van der Waals surface area (Å²) in [4.78, 5) is 37.7. The average molecular weight is 434 g/mol. The Kier molecular flexibility index (Phi) is 5.37. The summed E-state index contributed by atoms with van der Waals surface area (Å²) in [6, 6.07) is 1.42. The van der Waals surface area contributed by atoms with Crippen LogP contribution in [0.15, 0.2) is 23.8 Å². The summed E-state index contributed by atoms with van der Waals surface area (Å²) in [5.41, 5.74) is 0.994. The van der Waals surface area contributed by atoms with Crippen LogP contribution in [-0.4, -0.2) is 74.5 Å². The molecule has 9 nitrogen and oxygen atoms in total. The van der Waals surface area contributed by atoms with E-state index in [9.17, 15) is 9.59 Å². The lowest BCUT2D eigenvalue weighted by Gasteiger charge is -2.32. The van der Waals surface area contributed by atoms with Crippen LogP contribution in [0, 0.1) is 0 Å². The Bertz CT molecular complexity index is 1060. The third-order valence-corrected chi connectivity index (χ3v) is 5.88. The first-order valence-corrected chi connectivity index (χ1v) is 10.4. The summed E-state index contributed by atoms with van der Waals surface area (Å²) in [5, 5.41) is 9.36. The Morgan fingerprint density at radius 2 is 2.03 bits per heavy atom. The number of rotatable bonds is 3. The minimum absolute atomic E-state index is 0.0537. The smallest absolute Gasteiger partial charge is 0.317 e. The van der Waals surface area contributed by atoms with Crippen LogP contribution in [0.5, 0.6) is 0 Å². The molecule has 0 aromatic carbocycles. The summed E-state index contributed by atoms with van der Waals surface area (Å²) in [5.74, 6) is 0.189. The highest BCUT2D eigenvalue weighted by molar-refractivity contribution is 7.16. The highest BCUT2D eigenvalue weighted by Crippen LogP contribution is 2.26. The van der Waals surface area contributed by atoms with Gasteiger partial charge in [-0.05, 0) is 12.8 Å². The van der Waals surface area contributed by atoms with Crippen molar-refractivity contribution in [3.05, 3.63) is 34.7 Å². The second kappa shape index (κ2) is 7.96. The molecule has 4 rings (SSSR count). The van der Waals surface area contributed by atoms with E-state index in [4.69, 9.17) is 11.6 Å². The molecule has 0 unspecified atom stereocenters. The van der Waals surface area contributed by atoms with Gasteiger partial charge in [-0.25, -0.2) is 19.3 Å². The largest absolute Gasteiger partial charge is 0.337 e. The first-order chi connectivity index (χ1) is 13.9. The third kappa shape index (κ3) is 4.03. The van der Waals surface area contributed by atoms with E-state index in [-0.39, 0.29) is 28.8 Å². The first kappa shape index (κ1) is 19.6. The van der Waals surface area contributed by atoms with Gasteiger partial charge in [0.15, 0.2) is 5.82 Å². The molecular weight excluding hydrogens is 414 g/mol. The van der Waals surface area contributed by atoms with Crippen LogP contribution in [-0.2, 0) is 0 Å². The zero-order valence-electron chi connectivity index (χ0n) is 16.0. The van der Waals surface area contributed by atoms with E-state index >= 15 is 0 Å². The zero-order valence-corrected chi connectivity index (χ0v) is 17.6. The molecule has 4 heterocycles. The van der Waals surface area contributed by atoms with E-state index in [2.05, 4.69) is 20.4 Å². The summed E-state index contributed by atoms with van der Waals surface area (Å²) < 4.78 is 1.73. The van der Waals surface area contributed by atoms with Gasteiger partial charge in [0.05, 0.1) is 11.8 Å². The highest BCUT2D eigenvalue weighted by Gasteiger charge is 2.26. The first-order valence-electron chi connectivity index (χ1n) is 9.15. The summed E-state index contributed by atoms with van der Waals surface area (Å²) in [6.45, 7) is 1.08. The van der Waals surface area contributed by atoms with Crippen molar-refractivity contribution in [2.75, 3.05) is 27.2 Å². The Morgan fingerprint density at radius 1 is 1.28 bits per heavy atom. The number of halogens is 1. The molecular formula is C18H20ClN7O2S. The second-order valence-electron chi connectivity index (χ2n) is 7.02. The normalized spacial score (nSPS) is 14.9. The number of nitrogens with zero attached hydrogens (tertiary/aromatic N) is 6. The molecule has 1 saturated heterocycles. The molecule has 0 radical (unpaired) electrons. The van der Waals surface area contributed by atoms with E-state index in [1.165, 1.54) is 22.3 Å². The molecule has 0 bridgehead atoms. The standard InChI is InChI=1S/C18H20ClN7O2S/c1-24(2)18(28)21-11-3-5-25(6-4-11)16(27)13-9-14(19)23-15(22-13)12-10-20-26-7-8-29-17(12)26/h7-11H,3-6H2,1-2H3,(H,21,28). The summed E-state index contributed by atoms with van der Waals surface area (Å²) in [6.07, 6.45) is 4.90. The molecule has 0 aliphatic carbocycles. The second-order valence-corrected chi connectivity index (χ2v) is 8.30. The SMILES string of the molecule is CN(C)C(=O)NC1CCN(C(=O)c2cc(Cl)nc(-c3cnn4ccsc34)n2)CC1. The summed E-state index contributed by atoms with van der Waals surface area (Å²) >= 11 is 7.70. The minimum Gasteiger partial charge on any atom is -0.337 e. The maximum Gasteiger partial charge on any atom is 0.317 e. The van der Waals surface area contributed by atoms with Crippen LogP contribution in [0.2, 0.25) is 5.15 Å². The fourth-order valence-corrected chi connectivity index (χ4v) is 4.20. The van der Waals surface area contributed by atoms with Crippen molar-refractivity contribution in [1.82, 2.24) is 34.7 Å². The lowest BCUT2D eigenvalue weighted by molar-refractivity contribution is 0.0701. The molecule has 3 aromatic heterocycles. The molecule has 1 aliphatic rings. The van der Waals surface area contributed by atoms with Crippen molar-refractivity contribution in [3.63, 3.8) is 0 Å². The number of fused-ring (bicyclic) bond motifs is 1. The molecule has 3 aromatic rings. The van der Waals surface area contributed by atoms with Crippen molar-refractivity contribution >= 4 is 39.7 Å². The van der Waals surface area contributed by atoms with Gasteiger partial charge in [0.1, 0.15) is 15.7 Å². The van der Waals surface area contributed by atoms with Gasteiger partial charge < -0.3 is 15.1 Å². The number of thiazole rings is 1. The molecule has 1 aliphatic heterocycles. The number of hydrogen-bond donors (Lipinski definition) is 1. The average Bonchev–Trinajstić information content (AvgIpc) is 3.31. The number of nitrogens with one attached hydrogen (secondary N) is 1. The number of hydrogen-bond acceptors (Lipinski definition) is 6. The van der Waals surface area contributed by atoms with E-state index in [1.807, 2.05) is 11.6 Å². The third-order valence-electron chi connectivity index (χ3n) is 4.80. The van der Waals surface area contributed by atoms with Crippen LogP contribution in [0.4, 0.5) is 4.79 Å². The maximum absolute atomic E-state index is 13.0. The fraction of sp³-hybridized carbons (Fsp3) is 0.389. The molecule has 3 amide bonds. The molecule has 11 heteroatoms. The summed E-state index contributed by atoms with van der Waals surface area (Å²) in [7, 11) is 3.41. The van der Waals surface area contributed by atoms with Crippen LogP contribution in [0.3, 0.4) is 0 Å². The van der Waals surface area contributed by atoms with Gasteiger partial charge in [-0.2, -0.15) is 5.10 Å². The van der Waals surface area contributed by atoms with Gasteiger partial charge in [0.2, 0.25) is 0 Å². The predicted molar refractivity (Wildman–Crippen MR) is 110 cm³/mol. The van der Waals surface area contributed by atoms with Gasteiger partial charge >= 0.3 is 6.03 Å². The Balaban J connectivity index is 1.49. The molecule has 29 heavy (non-hydrogen) atoms. The number of amides is 3. The maximum atomic E-state index is 13.0. The Labute approximate surface area is 176 Å². The van der Waals surface area contributed by atoms with Crippen molar-refractivity contribution in [2.45, 2.75) is 18.9 Å². The number of carbonyl (C=O) groups is 2. The fourth-order valence-electron chi connectivity index (χ4n) is 3.22. The Hall–Kier alpha value is -2.72. The Morgan fingerprint density at radius 3 is 2.76 bits per heavy atom. The minimum atomic E-state index is -0.192. The molecule has 0 saturated carbocycles. The van der Waals surface area contributed by atoms with Crippen molar-refractivity contribution in [1.29, 1.82) is 0 Å². The number of urea groups is 1. The highest BCUT2D eigenvalue weighted by atomic mass is 35.5. The monoisotopic (exact) mass is 433 g/mol.